The van der Waals surface area contributed by atoms with Crippen molar-refractivity contribution in [3.05, 3.63) is 51.6 Å². The molecule has 0 aliphatic carbocycles. The Balaban J connectivity index is 2.06. The zero-order valence-electron chi connectivity index (χ0n) is 11.7. The Kier molecular flexibility index (Phi) is 4.38. The van der Waals surface area contributed by atoms with E-state index < -0.39 is 0 Å². The van der Waals surface area contributed by atoms with E-state index >= 15 is 0 Å². The first-order chi connectivity index (χ1) is 9.58. The summed E-state index contributed by atoms with van der Waals surface area (Å²) in [6, 6.07) is 8.33. The number of hydrogen-bond acceptors (Lipinski definition) is 5. The van der Waals surface area contributed by atoms with E-state index in [9.17, 15) is 0 Å². The molecule has 20 heavy (non-hydrogen) atoms. The number of allylic oxidation sites excluding steroid dienone is 1. The van der Waals surface area contributed by atoms with Gasteiger partial charge in [-0.05, 0) is 44.0 Å². The lowest BCUT2D eigenvalue weighted by molar-refractivity contribution is 1.06. The lowest BCUT2D eigenvalue weighted by atomic mass is 10.1. The normalized spacial score (nSPS) is 11.0. The molecule has 0 fully saturated rings. The fourth-order valence-corrected chi connectivity index (χ4v) is 2.62. The van der Waals surface area contributed by atoms with E-state index in [0.29, 0.717) is 5.57 Å². The number of hydrogen-bond donors (Lipinski definition) is 2. The summed E-state index contributed by atoms with van der Waals surface area (Å²) in [5, 5.41) is 11.8. The molecule has 2 N–H and O–H groups in total. The fourth-order valence-electron chi connectivity index (χ4n) is 1.86. The van der Waals surface area contributed by atoms with Gasteiger partial charge < -0.3 is 10.9 Å². The molecule has 102 valence electrons. The second-order valence-electron chi connectivity index (χ2n) is 4.61. The molecule has 0 atom stereocenters. The molecule has 1 aromatic heterocycles. The van der Waals surface area contributed by atoms with E-state index in [1.54, 1.807) is 6.20 Å². The van der Waals surface area contributed by atoms with E-state index in [2.05, 4.69) is 28.0 Å². The third kappa shape index (κ3) is 3.59. The summed E-state index contributed by atoms with van der Waals surface area (Å²) in [5.74, 6) is 0. The zero-order chi connectivity index (χ0) is 14.5. The van der Waals surface area contributed by atoms with Crippen LogP contribution in [0, 0.1) is 32.1 Å². The summed E-state index contributed by atoms with van der Waals surface area (Å²) >= 11 is 1.46. The predicted octanol–water partition coefficient (Wildman–Crippen LogP) is 3.55. The number of aromatic nitrogens is 1. The maximum Gasteiger partial charge on any atom is 0.135 e. The van der Waals surface area contributed by atoms with E-state index in [-0.39, 0.29) is 0 Å². The number of nitriles is 1. The third-order valence-electron chi connectivity index (χ3n) is 2.62. The van der Waals surface area contributed by atoms with Gasteiger partial charge in [0, 0.05) is 17.3 Å². The van der Waals surface area contributed by atoms with Crippen LogP contribution in [0.4, 0.5) is 5.69 Å². The number of nitrogens with one attached hydrogen (secondary N) is 2. The van der Waals surface area contributed by atoms with Gasteiger partial charge in [-0.2, -0.15) is 5.26 Å². The number of aryl methyl sites for hydroxylation is 3. The molecule has 0 unspecified atom stereocenters. The van der Waals surface area contributed by atoms with Crippen LogP contribution in [0.3, 0.4) is 0 Å². The van der Waals surface area contributed by atoms with Gasteiger partial charge in [0.25, 0.3) is 0 Å². The van der Waals surface area contributed by atoms with Gasteiger partial charge in [0.05, 0.1) is 5.69 Å². The Morgan fingerprint density at radius 2 is 1.95 bits per heavy atom. The van der Waals surface area contributed by atoms with Gasteiger partial charge in [-0.15, -0.1) is 11.3 Å². The lowest BCUT2D eigenvalue weighted by Gasteiger charge is -2.08. The minimum absolute atomic E-state index is 0.514. The Bertz CT molecular complexity index is 659. The van der Waals surface area contributed by atoms with Crippen molar-refractivity contribution in [1.29, 1.82) is 5.26 Å². The first kappa shape index (κ1) is 14.1. The van der Waals surface area contributed by atoms with Crippen molar-refractivity contribution in [2.24, 2.45) is 0 Å². The maximum absolute atomic E-state index is 9.15. The van der Waals surface area contributed by atoms with Gasteiger partial charge in [-0.25, -0.2) is 4.98 Å². The minimum atomic E-state index is 0.514. The summed E-state index contributed by atoms with van der Waals surface area (Å²) < 4.78 is 0. The zero-order valence-corrected chi connectivity index (χ0v) is 12.5. The highest BCUT2D eigenvalue weighted by molar-refractivity contribution is 7.10. The number of thiazole rings is 1. The molecule has 0 aliphatic rings. The highest BCUT2D eigenvalue weighted by Crippen LogP contribution is 2.18. The molecule has 4 nitrogen and oxygen atoms in total. The lowest BCUT2D eigenvalue weighted by Crippen LogP contribution is -2.15. The van der Waals surface area contributed by atoms with E-state index in [4.69, 9.17) is 5.26 Å². The summed E-state index contributed by atoms with van der Waals surface area (Å²) in [6.07, 6.45) is 1.63. The van der Waals surface area contributed by atoms with Gasteiger partial charge in [0.1, 0.15) is 16.6 Å². The van der Waals surface area contributed by atoms with Gasteiger partial charge in [-0.1, -0.05) is 6.07 Å². The molecular formula is C15H16N4S. The fraction of sp³-hybridized carbons (Fsp3) is 0.200. The Hall–Kier alpha value is -2.32. The van der Waals surface area contributed by atoms with Crippen LogP contribution in [0.25, 0.3) is 5.57 Å². The van der Waals surface area contributed by atoms with Crippen LogP contribution in [0.5, 0.6) is 0 Å². The molecule has 1 heterocycles. The molecule has 0 amide bonds. The molecule has 1 aromatic carbocycles. The topological polar surface area (TPSA) is 60.7 Å². The molecule has 2 rings (SSSR count). The summed E-state index contributed by atoms with van der Waals surface area (Å²) in [6.45, 7) is 6.01. The van der Waals surface area contributed by atoms with Crippen LogP contribution in [0.1, 0.15) is 21.8 Å². The van der Waals surface area contributed by atoms with Crippen LogP contribution in [0.2, 0.25) is 0 Å². The van der Waals surface area contributed by atoms with E-state index in [1.807, 2.05) is 38.3 Å². The quantitative estimate of drug-likeness (QED) is 0.666. The molecule has 0 aliphatic heterocycles. The molecule has 2 aromatic rings. The highest BCUT2D eigenvalue weighted by atomic mass is 32.1. The van der Waals surface area contributed by atoms with Gasteiger partial charge >= 0.3 is 0 Å². The van der Waals surface area contributed by atoms with Crippen LogP contribution in [0.15, 0.2) is 29.8 Å². The first-order valence-electron chi connectivity index (χ1n) is 6.21. The Morgan fingerprint density at radius 3 is 2.50 bits per heavy atom. The predicted molar refractivity (Wildman–Crippen MR) is 83.1 cm³/mol. The van der Waals surface area contributed by atoms with Crippen molar-refractivity contribution in [2.75, 3.05) is 5.43 Å². The second-order valence-corrected chi connectivity index (χ2v) is 5.47. The van der Waals surface area contributed by atoms with Crippen molar-refractivity contribution in [3.63, 3.8) is 0 Å². The van der Waals surface area contributed by atoms with E-state index in [1.165, 1.54) is 22.5 Å². The third-order valence-corrected chi connectivity index (χ3v) is 3.62. The second kappa shape index (κ2) is 6.22. The average molecular weight is 284 g/mol. The molecular weight excluding hydrogens is 268 g/mol. The van der Waals surface area contributed by atoms with Crippen LogP contribution >= 0.6 is 11.3 Å². The van der Waals surface area contributed by atoms with Crippen LogP contribution < -0.4 is 10.9 Å². The van der Waals surface area contributed by atoms with Crippen molar-refractivity contribution in [3.8, 4) is 6.07 Å². The average Bonchev–Trinajstić information content (AvgIpc) is 2.80. The van der Waals surface area contributed by atoms with E-state index in [0.717, 1.165) is 16.4 Å². The van der Waals surface area contributed by atoms with Crippen molar-refractivity contribution >= 4 is 22.6 Å². The largest absolute Gasteiger partial charge is 0.307 e. The summed E-state index contributed by atoms with van der Waals surface area (Å²) in [4.78, 5) is 4.30. The molecule has 0 saturated carbocycles. The molecule has 0 spiro atoms. The number of benzene rings is 1. The van der Waals surface area contributed by atoms with Gasteiger partial charge in [0.15, 0.2) is 0 Å². The van der Waals surface area contributed by atoms with Crippen LogP contribution in [-0.4, -0.2) is 4.98 Å². The van der Waals surface area contributed by atoms with Crippen molar-refractivity contribution < 1.29 is 0 Å². The highest BCUT2D eigenvalue weighted by Gasteiger charge is 2.04. The number of rotatable bonds is 4. The number of hydrazine groups is 1. The molecule has 0 bridgehead atoms. The Labute approximate surface area is 122 Å². The Morgan fingerprint density at radius 1 is 1.25 bits per heavy atom. The SMILES string of the molecule is Cc1cc(C)cc(NN/C=C(\C#N)c2nc(C)cs2)c1. The monoisotopic (exact) mass is 284 g/mol. The van der Waals surface area contributed by atoms with Gasteiger partial charge in [-0.3, -0.25) is 0 Å². The van der Waals surface area contributed by atoms with Crippen LogP contribution in [-0.2, 0) is 0 Å². The maximum atomic E-state index is 9.15. The summed E-state index contributed by atoms with van der Waals surface area (Å²) in [5.41, 5.74) is 10.8. The number of nitrogens with zero attached hydrogens (tertiary/aromatic N) is 2. The van der Waals surface area contributed by atoms with Gasteiger partial charge in [0.2, 0.25) is 0 Å². The first-order valence-corrected chi connectivity index (χ1v) is 7.09. The standard InChI is InChI=1S/C15H16N4S/c1-10-4-11(2)6-14(5-10)19-17-8-13(7-16)15-18-12(3)9-20-15/h4-6,8-9,17,19H,1-3H3/b13-8+. The summed E-state index contributed by atoms with van der Waals surface area (Å²) in [7, 11) is 0. The smallest absolute Gasteiger partial charge is 0.135 e. The van der Waals surface area contributed by atoms with Crippen molar-refractivity contribution in [2.45, 2.75) is 20.8 Å². The minimum Gasteiger partial charge on any atom is -0.307 e. The molecule has 5 heteroatoms. The molecule has 0 saturated heterocycles. The van der Waals surface area contributed by atoms with Crippen molar-refractivity contribution in [1.82, 2.24) is 10.4 Å². The number of anilines is 1. The molecule has 0 radical (unpaired) electrons.